The molecule has 108 heavy (non-hydrogen) atoms. The van der Waals surface area contributed by atoms with Gasteiger partial charge < -0.3 is 66.0 Å². The number of hydrogen-bond acceptors (Lipinski definition) is 17. The number of likely N-dealkylation sites (tertiary alicyclic amines) is 1. The van der Waals surface area contributed by atoms with E-state index in [1.807, 2.05) is 90.4 Å². The lowest BCUT2D eigenvalue weighted by Crippen LogP contribution is -2.63. The fourth-order valence-corrected chi connectivity index (χ4v) is 13.8. The van der Waals surface area contributed by atoms with Gasteiger partial charge in [0.15, 0.2) is 11.8 Å². The summed E-state index contributed by atoms with van der Waals surface area (Å²) in [4.78, 5) is 199. The maximum absolute atomic E-state index is 15.6. The number of hydrogen-bond donors (Lipinski definition) is 7. The van der Waals surface area contributed by atoms with Crippen molar-refractivity contribution in [2.75, 3.05) is 80.8 Å². The molecule has 2 aliphatic rings. The first-order valence-electron chi connectivity index (χ1n) is 38.3. The molecule has 29 nitrogen and oxygen atoms in total. The number of piperidine rings is 1. The van der Waals surface area contributed by atoms with E-state index in [1.165, 1.54) is 54.7 Å². The standard InChI is InChI=1S/C78H125N13O16S/c1-18-20-37-79-48-66(95)86(13)63(46-56-33-27-23-28-34-56)75(103)89(16)59(42-51(5)6)69(97)81-58(41-50(3)4)74(102)87(14)60(43-52(7)8)71(99)82-68(76(104)90-39-29-24-30-40-90)77(105)91(38-21-19-2)49-67(96)85(12)62(45-55-31-25-22-26-32-55)70(98)80-57(35-36-65(94)84-108(17,106)107)73(101)88(15)61(44-53(9)10)72(100)83-78(54(11)92)47-64(78)93/h22-23,25-28,31-34,50-54,57-63,68,79,92H,18-21,24,29-30,35-49H2,1-17H3,(H,80,98)(H,81,97)(H,82,99)(H,83,100)(H,84,94)/t54-,57+,58+,59+,60+,61+,62+,63+,68-,78-/m1/s1. The van der Waals surface area contributed by atoms with Crippen LogP contribution in [-0.4, -0.2) is 265 Å². The van der Waals surface area contributed by atoms with Gasteiger partial charge in [0.05, 0.1) is 25.4 Å². The summed E-state index contributed by atoms with van der Waals surface area (Å²) in [5.41, 5.74) is -0.250. The Morgan fingerprint density at radius 2 is 0.981 bits per heavy atom. The van der Waals surface area contributed by atoms with Gasteiger partial charge >= 0.3 is 0 Å². The third kappa shape index (κ3) is 28.2. The van der Waals surface area contributed by atoms with Crippen molar-refractivity contribution < 1.29 is 75.9 Å². The van der Waals surface area contributed by atoms with Gasteiger partial charge in [0, 0.05) is 80.6 Å². The molecular formula is C78H125N13O16S. The molecule has 2 aromatic carbocycles. The first-order valence-corrected chi connectivity index (χ1v) is 40.2. The second-order valence-corrected chi connectivity index (χ2v) is 32.7. The molecule has 0 unspecified atom stereocenters. The molecule has 12 amide bonds. The van der Waals surface area contributed by atoms with E-state index in [-0.39, 0.29) is 101 Å². The van der Waals surface area contributed by atoms with E-state index in [9.17, 15) is 42.3 Å². The highest BCUT2D eigenvalue weighted by molar-refractivity contribution is 7.89. The zero-order chi connectivity index (χ0) is 81.1. The van der Waals surface area contributed by atoms with E-state index in [0.29, 0.717) is 37.8 Å². The number of aliphatic hydroxyl groups is 1. The number of carbonyl (C=O) groups excluding carboxylic acids is 13. The first kappa shape index (κ1) is 92.0. The molecule has 4 rings (SSSR count). The maximum Gasteiger partial charge on any atom is 0.255 e. The highest BCUT2D eigenvalue weighted by atomic mass is 32.2. The lowest BCUT2D eigenvalue weighted by molar-refractivity contribution is -0.152. The van der Waals surface area contributed by atoms with Crippen molar-refractivity contribution >= 4 is 86.7 Å². The van der Waals surface area contributed by atoms with Gasteiger partial charge in [0.1, 0.15) is 47.8 Å². The predicted octanol–water partition coefficient (Wildman–Crippen LogP) is 3.34. The number of benzene rings is 2. The summed E-state index contributed by atoms with van der Waals surface area (Å²) in [7, 11) is 2.98. The van der Waals surface area contributed by atoms with Crippen LogP contribution in [-0.2, 0) is 85.2 Å². The molecule has 0 radical (unpaired) electrons. The Balaban J connectivity index is 1.75. The van der Waals surface area contributed by atoms with Crippen molar-refractivity contribution in [2.45, 2.75) is 239 Å². The van der Waals surface area contributed by atoms with E-state index in [1.54, 1.807) is 51.2 Å². The van der Waals surface area contributed by atoms with Gasteiger partial charge in [-0.3, -0.25) is 67.1 Å². The molecule has 2 fully saturated rings. The smallest absolute Gasteiger partial charge is 0.255 e. The van der Waals surface area contributed by atoms with E-state index < -0.39 is 160 Å². The average molecular weight is 1530 g/mol. The van der Waals surface area contributed by atoms with Gasteiger partial charge in [-0.2, -0.15) is 0 Å². The van der Waals surface area contributed by atoms with Crippen LogP contribution in [0.1, 0.15) is 177 Å². The van der Waals surface area contributed by atoms with Crippen LogP contribution in [0.3, 0.4) is 0 Å². The molecule has 1 saturated heterocycles. The highest BCUT2D eigenvalue weighted by Crippen LogP contribution is 2.35. The Kier molecular flexibility index (Phi) is 37.2. The molecule has 2 aromatic rings. The molecule has 1 heterocycles. The average Bonchev–Trinajstić information content (AvgIpc) is 1.59. The summed E-state index contributed by atoms with van der Waals surface area (Å²) in [5.74, 6) is -10.5. The SMILES string of the molecule is CCCCNCC(=O)N(C)[C@@H](Cc1ccccc1)C(=O)N(C)[C@@H](CC(C)C)C(=O)N[C@@H](CC(C)C)C(=O)N(C)[C@@H](CC(C)C)C(=O)N[C@H](C(=O)N1CCCCC1)C(=O)N(CCCC)CC(=O)N(C)[C@@H](Cc1ccccc1)C(=O)N[C@@H](CCC(=O)NS(C)(=O)=O)C(=O)N(C)[C@@H](CC(C)C)C(=O)N[C@@]1([C@@H](C)O)CC1=O. The van der Waals surface area contributed by atoms with Crippen LogP contribution >= 0.6 is 0 Å². The summed E-state index contributed by atoms with van der Waals surface area (Å²) in [5, 5.41) is 24.7. The normalized spacial score (nSPS) is 16.8. The van der Waals surface area contributed by atoms with E-state index in [0.717, 1.165) is 45.8 Å². The maximum atomic E-state index is 15.6. The van der Waals surface area contributed by atoms with Gasteiger partial charge in [-0.05, 0) is 112 Å². The van der Waals surface area contributed by atoms with Crippen LogP contribution in [0.25, 0.3) is 0 Å². The summed E-state index contributed by atoms with van der Waals surface area (Å²) in [6.07, 6.45) is 2.95. The first-order chi connectivity index (χ1) is 50.7. The van der Waals surface area contributed by atoms with Crippen LogP contribution in [0.5, 0.6) is 0 Å². The number of nitrogens with one attached hydrogen (secondary N) is 6. The Bertz CT molecular complexity index is 3480. The monoisotopic (exact) mass is 1530 g/mol. The number of unbranched alkanes of at least 4 members (excludes halogenated alkanes) is 2. The molecule has 604 valence electrons. The number of aliphatic hydroxyl groups excluding tert-OH is 1. The second-order valence-electron chi connectivity index (χ2n) is 31.0. The Hall–Kier alpha value is -8.38. The minimum atomic E-state index is -4.09. The van der Waals surface area contributed by atoms with E-state index in [2.05, 4.69) is 26.6 Å². The Morgan fingerprint density at radius 1 is 0.537 bits per heavy atom. The number of ketones is 1. The van der Waals surface area contributed by atoms with Crippen LogP contribution in [0, 0.1) is 23.7 Å². The van der Waals surface area contributed by atoms with E-state index in [4.69, 9.17) is 0 Å². The summed E-state index contributed by atoms with van der Waals surface area (Å²) >= 11 is 0. The third-order valence-electron chi connectivity index (χ3n) is 19.9. The topological polar surface area (TPSA) is 371 Å². The summed E-state index contributed by atoms with van der Waals surface area (Å²) in [6, 6.07) is 6.55. The predicted molar refractivity (Wildman–Crippen MR) is 411 cm³/mol. The third-order valence-corrected chi connectivity index (χ3v) is 20.5. The minimum Gasteiger partial charge on any atom is -0.390 e. The molecule has 0 bridgehead atoms. The molecule has 1 aliphatic carbocycles. The number of nitrogens with zero attached hydrogens (tertiary/aromatic N) is 7. The largest absolute Gasteiger partial charge is 0.390 e. The lowest BCUT2D eigenvalue weighted by Gasteiger charge is -2.37. The van der Waals surface area contributed by atoms with Gasteiger partial charge in [-0.15, -0.1) is 0 Å². The number of sulfonamides is 1. The zero-order valence-electron chi connectivity index (χ0n) is 66.9. The summed E-state index contributed by atoms with van der Waals surface area (Å²) in [6.45, 7) is 20.2. The number of Topliss-reactive ketones (excluding diaryl/α,β-unsaturated/α-hetero) is 1. The fraction of sp³-hybridized carbons (Fsp3) is 0.679. The molecule has 10 atom stereocenters. The molecule has 30 heteroatoms. The van der Waals surface area contributed by atoms with Crippen molar-refractivity contribution in [1.82, 2.24) is 65.6 Å². The van der Waals surface area contributed by atoms with Crippen molar-refractivity contribution in [3.8, 4) is 0 Å². The number of likely N-dealkylation sites (N-methyl/N-ethyl adjacent to an activating group) is 5. The minimum absolute atomic E-state index is 0.00633. The van der Waals surface area contributed by atoms with Crippen molar-refractivity contribution in [1.29, 1.82) is 0 Å². The fourth-order valence-electron chi connectivity index (χ4n) is 13.3. The van der Waals surface area contributed by atoms with Gasteiger partial charge in [0.2, 0.25) is 69.1 Å². The van der Waals surface area contributed by atoms with Crippen molar-refractivity contribution in [3.05, 3.63) is 71.8 Å². The number of rotatable bonds is 45. The molecule has 1 aliphatic heterocycles. The molecular weight excluding hydrogens is 1410 g/mol. The van der Waals surface area contributed by atoms with Gasteiger partial charge in [-0.1, -0.05) is 143 Å². The van der Waals surface area contributed by atoms with Crippen molar-refractivity contribution in [2.24, 2.45) is 23.7 Å². The zero-order valence-corrected chi connectivity index (χ0v) is 67.8. The molecule has 7 N–H and O–H groups in total. The number of carbonyl (C=O) groups is 13. The second kappa shape index (κ2) is 43.7. The van der Waals surface area contributed by atoms with Crippen LogP contribution in [0.15, 0.2) is 60.7 Å². The lowest BCUT2D eigenvalue weighted by atomic mass is 9.96. The Morgan fingerprint density at radius 3 is 1.45 bits per heavy atom. The molecule has 0 spiro atoms. The number of amides is 12. The van der Waals surface area contributed by atoms with Crippen LogP contribution in [0.4, 0.5) is 0 Å². The highest BCUT2D eigenvalue weighted by Gasteiger charge is 2.59. The van der Waals surface area contributed by atoms with Gasteiger partial charge in [0.25, 0.3) is 11.8 Å². The van der Waals surface area contributed by atoms with Crippen LogP contribution in [0.2, 0.25) is 0 Å². The Labute approximate surface area is 640 Å². The van der Waals surface area contributed by atoms with Crippen molar-refractivity contribution in [3.63, 3.8) is 0 Å². The van der Waals surface area contributed by atoms with Gasteiger partial charge in [-0.25, -0.2) is 8.42 Å². The van der Waals surface area contributed by atoms with Crippen LogP contribution < -0.4 is 31.3 Å². The molecule has 0 aromatic heterocycles. The van der Waals surface area contributed by atoms with E-state index >= 15 is 33.6 Å². The quantitative estimate of drug-likeness (QED) is 0.0369. The summed E-state index contributed by atoms with van der Waals surface area (Å²) < 4.78 is 26.2. The molecule has 1 saturated carbocycles.